The smallest absolute Gasteiger partial charge is 0.120 e. The summed E-state index contributed by atoms with van der Waals surface area (Å²) < 4.78 is 1.03. The van der Waals surface area contributed by atoms with Gasteiger partial charge >= 0.3 is 0 Å². The van der Waals surface area contributed by atoms with Gasteiger partial charge in [0, 0.05) is 22.1 Å². The molecule has 2 nitrogen and oxygen atoms in total. The quantitative estimate of drug-likeness (QED) is 0.701. The molecular weight excluding hydrogens is 326 g/mol. The maximum atomic E-state index is 10.2. The van der Waals surface area contributed by atoms with E-state index in [0.717, 1.165) is 28.8 Å². The Morgan fingerprint density at radius 2 is 1.90 bits per heavy atom. The summed E-state index contributed by atoms with van der Waals surface area (Å²) in [5, 5.41) is 14.0. The second-order valence-corrected chi connectivity index (χ2v) is 7.16. The number of hydrogen-bond donors (Lipinski definition) is 2. The molecule has 1 aromatic rings. The predicted octanol–water partition coefficient (Wildman–Crippen LogP) is 5.55. The molecule has 0 aromatic heterocycles. The fraction of sp³-hybridized carbons (Fsp3) is 0.667. The van der Waals surface area contributed by atoms with Crippen LogP contribution in [0, 0.1) is 5.92 Å². The maximum Gasteiger partial charge on any atom is 0.120 e. The van der Waals surface area contributed by atoms with Gasteiger partial charge in [-0.2, -0.15) is 0 Å². The first-order valence-corrected chi connectivity index (χ1v) is 9.19. The van der Waals surface area contributed by atoms with E-state index >= 15 is 0 Å². The van der Waals surface area contributed by atoms with Crippen molar-refractivity contribution in [3.63, 3.8) is 0 Å². The molecule has 0 radical (unpaired) electrons. The van der Waals surface area contributed by atoms with Crippen molar-refractivity contribution in [1.29, 1.82) is 0 Å². The van der Waals surface area contributed by atoms with Gasteiger partial charge < -0.3 is 10.4 Å². The van der Waals surface area contributed by atoms with Gasteiger partial charge in [-0.3, -0.25) is 0 Å². The number of aromatic hydroxyl groups is 1. The molecule has 1 aromatic carbocycles. The molecule has 118 valence electrons. The van der Waals surface area contributed by atoms with Crippen molar-refractivity contribution in [2.75, 3.05) is 0 Å². The van der Waals surface area contributed by atoms with Gasteiger partial charge in [0.25, 0.3) is 0 Å². The van der Waals surface area contributed by atoms with Crippen molar-refractivity contribution >= 4 is 15.9 Å². The van der Waals surface area contributed by atoms with Crippen molar-refractivity contribution < 1.29 is 5.11 Å². The zero-order valence-corrected chi connectivity index (χ0v) is 14.8. The van der Waals surface area contributed by atoms with Gasteiger partial charge in [0.15, 0.2) is 0 Å². The lowest BCUT2D eigenvalue weighted by atomic mass is 9.82. The Balaban J connectivity index is 2.10. The lowest BCUT2D eigenvalue weighted by molar-refractivity contribution is 0.242. The molecule has 1 saturated carbocycles. The Hall–Kier alpha value is -0.540. The van der Waals surface area contributed by atoms with E-state index in [2.05, 4.69) is 35.1 Å². The summed E-state index contributed by atoms with van der Waals surface area (Å²) >= 11 is 3.51. The third kappa shape index (κ3) is 4.46. The predicted molar refractivity (Wildman–Crippen MR) is 92.6 cm³/mol. The SMILES string of the molecule is CCC(NC(CC)C1CCCCC1)c1cc(Br)ccc1O. The highest BCUT2D eigenvalue weighted by molar-refractivity contribution is 9.10. The van der Waals surface area contributed by atoms with Crippen molar-refractivity contribution in [2.45, 2.75) is 70.9 Å². The van der Waals surface area contributed by atoms with Crippen LogP contribution in [-0.2, 0) is 0 Å². The topological polar surface area (TPSA) is 32.3 Å². The van der Waals surface area contributed by atoms with Crippen molar-refractivity contribution in [1.82, 2.24) is 5.32 Å². The fourth-order valence-electron chi connectivity index (χ4n) is 3.61. The number of phenolic OH excluding ortho intramolecular Hbond substituents is 1. The van der Waals surface area contributed by atoms with Crippen LogP contribution in [0.1, 0.15) is 70.4 Å². The second kappa shape index (κ2) is 8.19. The first kappa shape index (κ1) is 16.8. The molecule has 21 heavy (non-hydrogen) atoms. The average molecular weight is 354 g/mol. The van der Waals surface area contributed by atoms with Crippen LogP contribution in [-0.4, -0.2) is 11.1 Å². The van der Waals surface area contributed by atoms with E-state index in [1.54, 1.807) is 6.07 Å². The zero-order chi connectivity index (χ0) is 15.2. The number of nitrogens with one attached hydrogen (secondary N) is 1. The van der Waals surface area contributed by atoms with Crippen LogP contribution in [0.15, 0.2) is 22.7 Å². The number of halogens is 1. The van der Waals surface area contributed by atoms with Gasteiger partial charge in [-0.1, -0.05) is 49.0 Å². The number of benzene rings is 1. The first-order valence-electron chi connectivity index (χ1n) is 8.40. The largest absolute Gasteiger partial charge is 0.508 e. The Morgan fingerprint density at radius 1 is 1.19 bits per heavy atom. The maximum absolute atomic E-state index is 10.2. The molecule has 1 aliphatic carbocycles. The number of rotatable bonds is 6. The monoisotopic (exact) mass is 353 g/mol. The van der Waals surface area contributed by atoms with E-state index in [0.29, 0.717) is 11.8 Å². The Labute approximate surface area is 137 Å². The highest BCUT2D eigenvalue weighted by Crippen LogP contribution is 2.33. The Morgan fingerprint density at radius 3 is 2.52 bits per heavy atom. The fourth-order valence-corrected chi connectivity index (χ4v) is 3.99. The van der Waals surface area contributed by atoms with Gasteiger partial charge in [-0.15, -0.1) is 0 Å². The summed E-state index contributed by atoms with van der Waals surface area (Å²) in [4.78, 5) is 0. The van der Waals surface area contributed by atoms with Gasteiger partial charge in [0.2, 0.25) is 0 Å². The van der Waals surface area contributed by atoms with Crippen LogP contribution >= 0.6 is 15.9 Å². The summed E-state index contributed by atoms with van der Waals surface area (Å²) in [6.07, 6.45) is 9.02. The van der Waals surface area contributed by atoms with Crippen molar-refractivity contribution in [3.05, 3.63) is 28.2 Å². The van der Waals surface area contributed by atoms with E-state index < -0.39 is 0 Å². The van der Waals surface area contributed by atoms with Gasteiger partial charge in [-0.05, 0) is 49.8 Å². The van der Waals surface area contributed by atoms with E-state index in [9.17, 15) is 5.11 Å². The summed E-state index contributed by atoms with van der Waals surface area (Å²) in [5.41, 5.74) is 1.01. The molecule has 0 aliphatic heterocycles. The average Bonchev–Trinajstić information content (AvgIpc) is 2.52. The minimum atomic E-state index is 0.231. The second-order valence-electron chi connectivity index (χ2n) is 6.24. The van der Waals surface area contributed by atoms with Gasteiger partial charge in [0.05, 0.1) is 0 Å². The Kier molecular flexibility index (Phi) is 6.56. The molecule has 0 bridgehead atoms. The van der Waals surface area contributed by atoms with Crippen LogP contribution in [0.25, 0.3) is 0 Å². The summed E-state index contributed by atoms with van der Waals surface area (Å²) in [6.45, 7) is 4.46. The minimum absolute atomic E-state index is 0.231. The minimum Gasteiger partial charge on any atom is -0.508 e. The molecule has 1 aliphatic rings. The van der Waals surface area contributed by atoms with E-state index in [-0.39, 0.29) is 6.04 Å². The molecule has 2 N–H and O–H groups in total. The van der Waals surface area contributed by atoms with Crippen LogP contribution < -0.4 is 5.32 Å². The third-order valence-electron chi connectivity index (χ3n) is 4.85. The molecule has 0 heterocycles. The molecule has 3 heteroatoms. The van der Waals surface area contributed by atoms with Gasteiger partial charge in [-0.25, -0.2) is 0 Å². The Bertz CT molecular complexity index is 443. The highest BCUT2D eigenvalue weighted by atomic mass is 79.9. The van der Waals surface area contributed by atoms with E-state index in [1.165, 1.54) is 32.1 Å². The highest BCUT2D eigenvalue weighted by Gasteiger charge is 2.25. The summed E-state index contributed by atoms with van der Waals surface area (Å²) in [5.74, 6) is 1.20. The standard InChI is InChI=1S/C18H28BrNO/c1-3-16(13-8-6-5-7-9-13)20-17(4-2)15-12-14(19)10-11-18(15)21/h10-13,16-17,20-21H,3-9H2,1-2H3. The van der Waals surface area contributed by atoms with E-state index in [1.807, 2.05) is 12.1 Å². The molecule has 0 saturated heterocycles. The molecule has 1 fully saturated rings. The van der Waals surface area contributed by atoms with Crippen LogP contribution in [0.3, 0.4) is 0 Å². The number of phenols is 1. The molecule has 0 spiro atoms. The van der Waals surface area contributed by atoms with E-state index in [4.69, 9.17) is 0 Å². The summed E-state index contributed by atoms with van der Waals surface area (Å²) in [7, 11) is 0. The van der Waals surface area contributed by atoms with Gasteiger partial charge in [0.1, 0.15) is 5.75 Å². The van der Waals surface area contributed by atoms with Crippen LogP contribution in [0.2, 0.25) is 0 Å². The number of hydrogen-bond acceptors (Lipinski definition) is 2. The van der Waals surface area contributed by atoms with Crippen LogP contribution in [0.4, 0.5) is 0 Å². The molecule has 2 unspecified atom stereocenters. The zero-order valence-electron chi connectivity index (χ0n) is 13.2. The molecular formula is C18H28BrNO. The molecule has 2 rings (SSSR count). The lowest BCUT2D eigenvalue weighted by Gasteiger charge is -2.33. The summed E-state index contributed by atoms with van der Waals surface area (Å²) in [6, 6.07) is 6.52. The lowest BCUT2D eigenvalue weighted by Crippen LogP contribution is -2.39. The molecule has 2 atom stereocenters. The molecule has 0 amide bonds. The van der Waals surface area contributed by atoms with Crippen LogP contribution in [0.5, 0.6) is 5.75 Å². The third-order valence-corrected chi connectivity index (χ3v) is 5.34. The van der Waals surface area contributed by atoms with Crippen molar-refractivity contribution in [2.24, 2.45) is 5.92 Å². The first-order chi connectivity index (χ1) is 10.2. The normalized spacial score (nSPS) is 19.4. The van der Waals surface area contributed by atoms with Crippen molar-refractivity contribution in [3.8, 4) is 5.75 Å².